The molecular weight excluding hydrogens is 282 g/mol. The fourth-order valence-electron chi connectivity index (χ4n) is 1.89. The van der Waals surface area contributed by atoms with E-state index in [1.54, 1.807) is 17.2 Å². The molecule has 17 heavy (non-hydrogen) atoms. The molecule has 1 aromatic rings. The van der Waals surface area contributed by atoms with Crippen LogP contribution in [-0.2, 0) is 4.79 Å². The number of nitrogen functional groups attached to an aromatic ring is 1. The van der Waals surface area contributed by atoms with Crippen molar-refractivity contribution in [3.05, 3.63) is 28.9 Å². The maximum Gasteiger partial charge on any atom is 0.228 e. The van der Waals surface area contributed by atoms with Gasteiger partial charge in [-0.05, 0) is 28.4 Å². The molecule has 1 aromatic heterocycles. The Kier molecular flexibility index (Phi) is 3.19. The first-order chi connectivity index (χ1) is 8.04. The second-order valence-electron chi connectivity index (χ2n) is 4.17. The minimum absolute atomic E-state index is 0.0517. The van der Waals surface area contributed by atoms with E-state index in [0.29, 0.717) is 24.5 Å². The summed E-state index contributed by atoms with van der Waals surface area (Å²) in [6.45, 7) is 6.23. The van der Waals surface area contributed by atoms with Crippen molar-refractivity contribution in [3.63, 3.8) is 0 Å². The zero-order valence-corrected chi connectivity index (χ0v) is 11.2. The van der Waals surface area contributed by atoms with E-state index in [9.17, 15) is 4.79 Å². The zero-order valence-electron chi connectivity index (χ0n) is 9.61. The van der Waals surface area contributed by atoms with Crippen molar-refractivity contribution in [2.45, 2.75) is 13.3 Å². The highest BCUT2D eigenvalue weighted by Crippen LogP contribution is 2.32. The molecule has 0 aromatic carbocycles. The molecule has 1 aliphatic rings. The van der Waals surface area contributed by atoms with Crippen molar-refractivity contribution < 1.29 is 4.79 Å². The Morgan fingerprint density at radius 3 is 3.00 bits per heavy atom. The van der Waals surface area contributed by atoms with Crippen molar-refractivity contribution >= 4 is 33.3 Å². The Morgan fingerprint density at radius 1 is 1.71 bits per heavy atom. The lowest BCUT2D eigenvalue weighted by Crippen LogP contribution is -2.26. The van der Waals surface area contributed by atoms with Gasteiger partial charge < -0.3 is 5.73 Å². The molecule has 1 amide bonds. The number of carbonyl (C=O) groups is 1. The number of anilines is 2. The number of aromatic nitrogens is 1. The number of nitrogens with zero attached hydrogens (tertiary/aromatic N) is 2. The topological polar surface area (TPSA) is 59.2 Å². The van der Waals surface area contributed by atoms with E-state index in [1.165, 1.54) is 0 Å². The molecule has 0 saturated carbocycles. The van der Waals surface area contributed by atoms with Gasteiger partial charge in [0.1, 0.15) is 0 Å². The fourth-order valence-corrected chi connectivity index (χ4v) is 2.21. The number of nitrogens with two attached hydrogens (primary N) is 1. The third-order valence-corrected chi connectivity index (χ3v) is 3.85. The lowest BCUT2D eigenvalue weighted by atomic mass is 10.1. The fraction of sp³-hybridized carbons (Fsp3) is 0.333. The maximum absolute atomic E-state index is 11.9. The number of amides is 1. The highest BCUT2D eigenvalue weighted by atomic mass is 79.9. The number of hydrogen-bond donors (Lipinski definition) is 1. The average Bonchev–Trinajstić information content (AvgIpc) is 2.68. The van der Waals surface area contributed by atoms with E-state index in [0.717, 1.165) is 10.0 Å². The van der Waals surface area contributed by atoms with Crippen LogP contribution in [0.3, 0.4) is 0 Å². The molecule has 1 aliphatic heterocycles. The van der Waals surface area contributed by atoms with Crippen molar-refractivity contribution in [1.29, 1.82) is 0 Å². The Bertz CT molecular complexity index is 487. The molecule has 2 N–H and O–H groups in total. The monoisotopic (exact) mass is 295 g/mol. The summed E-state index contributed by atoms with van der Waals surface area (Å²) in [4.78, 5) is 17.7. The largest absolute Gasteiger partial charge is 0.395 e. The van der Waals surface area contributed by atoms with Crippen LogP contribution < -0.4 is 10.6 Å². The molecule has 0 spiro atoms. The van der Waals surface area contributed by atoms with Crippen LogP contribution in [-0.4, -0.2) is 17.4 Å². The van der Waals surface area contributed by atoms with Gasteiger partial charge in [0, 0.05) is 29.6 Å². The lowest BCUT2D eigenvalue weighted by Gasteiger charge is -2.18. The molecule has 4 nitrogen and oxygen atoms in total. The van der Waals surface area contributed by atoms with Crippen LogP contribution in [0, 0.1) is 12.8 Å². The minimum Gasteiger partial charge on any atom is -0.395 e. The molecule has 0 radical (unpaired) electrons. The second kappa shape index (κ2) is 4.49. The van der Waals surface area contributed by atoms with Gasteiger partial charge in [-0.3, -0.25) is 9.69 Å². The summed E-state index contributed by atoms with van der Waals surface area (Å²) in [7, 11) is 0. The zero-order chi connectivity index (χ0) is 12.6. The normalized spacial score (nSPS) is 19.8. The van der Waals surface area contributed by atoms with Crippen LogP contribution in [0.15, 0.2) is 23.3 Å². The van der Waals surface area contributed by atoms with E-state index in [-0.39, 0.29) is 11.8 Å². The predicted molar refractivity (Wildman–Crippen MR) is 71.7 cm³/mol. The highest BCUT2D eigenvalue weighted by Gasteiger charge is 2.31. The number of carbonyl (C=O) groups excluding carboxylic acids is 1. The molecule has 1 unspecified atom stereocenters. The molecule has 0 bridgehead atoms. The molecule has 0 aliphatic carbocycles. The Labute approximate surface area is 109 Å². The minimum atomic E-state index is 0.0517. The van der Waals surface area contributed by atoms with E-state index in [4.69, 9.17) is 5.73 Å². The number of halogens is 1. The number of hydrogen-bond acceptors (Lipinski definition) is 3. The Balaban J connectivity index is 2.39. The van der Waals surface area contributed by atoms with Gasteiger partial charge in [-0.25, -0.2) is 4.98 Å². The smallest absolute Gasteiger partial charge is 0.228 e. The SMILES string of the molecule is C=CC1CC(=O)N(c2ncc(Br)c(C)c2N)C1. The molecule has 1 atom stereocenters. The van der Waals surface area contributed by atoms with Crippen LogP contribution >= 0.6 is 15.9 Å². The van der Waals surface area contributed by atoms with E-state index < -0.39 is 0 Å². The first-order valence-electron chi connectivity index (χ1n) is 5.38. The summed E-state index contributed by atoms with van der Waals surface area (Å²) in [6, 6.07) is 0. The van der Waals surface area contributed by atoms with Gasteiger partial charge >= 0.3 is 0 Å². The van der Waals surface area contributed by atoms with Gasteiger partial charge in [-0.1, -0.05) is 6.08 Å². The standard InChI is InChI=1S/C12H14BrN3O/c1-3-8-4-10(17)16(6-8)12-11(14)7(2)9(13)5-15-12/h3,5,8H,1,4,6,14H2,2H3. The van der Waals surface area contributed by atoms with Crippen molar-refractivity contribution in [1.82, 2.24) is 4.98 Å². The van der Waals surface area contributed by atoms with E-state index in [1.807, 2.05) is 6.92 Å². The first kappa shape index (κ1) is 12.1. The molecule has 1 fully saturated rings. The third kappa shape index (κ3) is 2.07. The number of pyridine rings is 1. The molecule has 2 heterocycles. The molecule has 2 rings (SSSR count). The number of rotatable bonds is 2. The van der Waals surface area contributed by atoms with Gasteiger partial charge in [0.05, 0.1) is 5.69 Å². The van der Waals surface area contributed by atoms with Gasteiger partial charge in [0.2, 0.25) is 5.91 Å². The van der Waals surface area contributed by atoms with Gasteiger partial charge in [-0.2, -0.15) is 0 Å². The van der Waals surface area contributed by atoms with Crippen molar-refractivity contribution in [3.8, 4) is 0 Å². The molecular formula is C12H14BrN3O. The first-order valence-corrected chi connectivity index (χ1v) is 6.17. The second-order valence-corrected chi connectivity index (χ2v) is 5.03. The summed E-state index contributed by atoms with van der Waals surface area (Å²) in [5, 5.41) is 0. The van der Waals surface area contributed by atoms with Crippen LogP contribution in [0.4, 0.5) is 11.5 Å². The summed E-state index contributed by atoms with van der Waals surface area (Å²) >= 11 is 3.37. The quantitative estimate of drug-likeness (QED) is 0.852. The van der Waals surface area contributed by atoms with Gasteiger partial charge in [0.15, 0.2) is 5.82 Å². The third-order valence-electron chi connectivity index (χ3n) is 3.05. The maximum atomic E-state index is 11.9. The predicted octanol–water partition coefficient (Wildman–Crippen LogP) is 2.27. The summed E-state index contributed by atoms with van der Waals surface area (Å²) in [6.07, 6.45) is 3.97. The Hall–Kier alpha value is -1.36. The Morgan fingerprint density at radius 2 is 2.41 bits per heavy atom. The molecule has 5 heteroatoms. The van der Waals surface area contributed by atoms with Crippen molar-refractivity contribution in [2.75, 3.05) is 17.2 Å². The summed E-state index contributed by atoms with van der Waals surface area (Å²) < 4.78 is 0.852. The van der Waals surface area contributed by atoms with Crippen LogP contribution in [0.1, 0.15) is 12.0 Å². The summed E-state index contributed by atoms with van der Waals surface area (Å²) in [5.74, 6) is 0.795. The average molecular weight is 296 g/mol. The van der Waals surface area contributed by atoms with Crippen LogP contribution in [0.25, 0.3) is 0 Å². The molecule has 1 saturated heterocycles. The lowest BCUT2D eigenvalue weighted by molar-refractivity contribution is -0.117. The van der Waals surface area contributed by atoms with E-state index in [2.05, 4.69) is 27.5 Å². The van der Waals surface area contributed by atoms with E-state index >= 15 is 0 Å². The van der Waals surface area contributed by atoms with Gasteiger partial charge in [0.25, 0.3) is 0 Å². The van der Waals surface area contributed by atoms with Crippen LogP contribution in [0.2, 0.25) is 0 Å². The highest BCUT2D eigenvalue weighted by molar-refractivity contribution is 9.10. The van der Waals surface area contributed by atoms with Crippen molar-refractivity contribution in [2.24, 2.45) is 5.92 Å². The molecule has 90 valence electrons. The van der Waals surface area contributed by atoms with Crippen LogP contribution in [0.5, 0.6) is 0 Å². The van der Waals surface area contributed by atoms with Gasteiger partial charge in [-0.15, -0.1) is 6.58 Å². The summed E-state index contributed by atoms with van der Waals surface area (Å²) in [5.41, 5.74) is 7.46.